The largest absolute Gasteiger partial charge is 0.381 e. The van der Waals surface area contributed by atoms with E-state index in [1.165, 1.54) is 19.9 Å². The second-order valence-electron chi connectivity index (χ2n) is 4.51. The van der Waals surface area contributed by atoms with E-state index < -0.39 is 18.1 Å². The Morgan fingerprint density at radius 2 is 1.95 bits per heavy atom. The van der Waals surface area contributed by atoms with Crippen molar-refractivity contribution in [2.45, 2.75) is 38.3 Å². The molecule has 1 aromatic carbocycles. The van der Waals surface area contributed by atoms with Crippen molar-refractivity contribution < 1.29 is 23.0 Å². The summed E-state index contributed by atoms with van der Waals surface area (Å²) in [6.45, 7) is 2.69. The molecule has 1 rings (SSSR count). The van der Waals surface area contributed by atoms with Gasteiger partial charge in [0.1, 0.15) is 0 Å². The number of alkyl halides is 3. The zero-order valence-electron chi connectivity index (χ0n) is 10.5. The van der Waals surface area contributed by atoms with Crippen LogP contribution in [-0.4, -0.2) is 17.6 Å². The molecule has 0 saturated heterocycles. The normalized spacial score (nSPS) is 15.1. The van der Waals surface area contributed by atoms with Crippen molar-refractivity contribution in [1.29, 1.82) is 5.26 Å². The van der Waals surface area contributed by atoms with E-state index in [1.807, 2.05) is 6.07 Å². The summed E-state index contributed by atoms with van der Waals surface area (Å²) in [5.74, 6) is 0. The second-order valence-corrected chi connectivity index (χ2v) is 4.51. The molecule has 1 aromatic rings. The standard InChI is InChI=1S/C13H14F3NO2/c1-12(2,19-13(16,18)11(14)15)10-6-4-3-5-9(10)7-8-17/h3-6,11,18H,7H2,1-2H3. The molecule has 1 N–H and O–H groups in total. The summed E-state index contributed by atoms with van der Waals surface area (Å²) in [6, 6.07) is 4.31. The summed E-state index contributed by atoms with van der Waals surface area (Å²) >= 11 is 0. The highest BCUT2D eigenvalue weighted by Crippen LogP contribution is 2.34. The first-order valence-electron chi connectivity index (χ1n) is 5.55. The first kappa shape index (κ1) is 15.5. The molecule has 0 heterocycles. The molecule has 0 amide bonds. The lowest BCUT2D eigenvalue weighted by Gasteiger charge is -2.32. The van der Waals surface area contributed by atoms with E-state index in [2.05, 4.69) is 4.74 Å². The van der Waals surface area contributed by atoms with Gasteiger partial charge in [0.25, 0.3) is 0 Å². The van der Waals surface area contributed by atoms with E-state index in [1.54, 1.807) is 18.2 Å². The highest BCUT2D eigenvalue weighted by molar-refractivity contribution is 5.33. The van der Waals surface area contributed by atoms with Crippen LogP contribution in [-0.2, 0) is 16.8 Å². The Kier molecular flexibility index (Phi) is 4.56. The first-order valence-corrected chi connectivity index (χ1v) is 5.55. The Labute approximate surface area is 109 Å². The maximum atomic E-state index is 13.2. The van der Waals surface area contributed by atoms with E-state index in [4.69, 9.17) is 10.4 Å². The second kappa shape index (κ2) is 5.59. The van der Waals surface area contributed by atoms with Crippen LogP contribution in [0, 0.1) is 11.3 Å². The molecule has 0 spiro atoms. The van der Waals surface area contributed by atoms with Crippen molar-refractivity contribution in [2.75, 3.05) is 0 Å². The molecule has 104 valence electrons. The van der Waals surface area contributed by atoms with E-state index in [0.29, 0.717) is 11.1 Å². The average molecular weight is 273 g/mol. The van der Waals surface area contributed by atoms with Crippen LogP contribution in [0.15, 0.2) is 24.3 Å². The number of hydrogen-bond donors (Lipinski definition) is 1. The Hall–Kier alpha value is -1.58. The fourth-order valence-electron chi connectivity index (χ4n) is 1.80. The Bertz CT molecular complexity index is 481. The molecule has 3 nitrogen and oxygen atoms in total. The van der Waals surface area contributed by atoms with Gasteiger partial charge in [0.15, 0.2) is 0 Å². The fourth-order valence-corrected chi connectivity index (χ4v) is 1.80. The fraction of sp³-hybridized carbons (Fsp3) is 0.462. The third-order valence-electron chi connectivity index (χ3n) is 2.60. The quantitative estimate of drug-likeness (QED) is 0.839. The summed E-state index contributed by atoms with van der Waals surface area (Å²) in [7, 11) is 0. The molecule has 0 aromatic heterocycles. The zero-order chi connectivity index (χ0) is 14.7. The summed E-state index contributed by atoms with van der Waals surface area (Å²) in [5.41, 5.74) is -0.610. The minimum Gasteiger partial charge on any atom is -0.335 e. The van der Waals surface area contributed by atoms with Gasteiger partial charge >= 0.3 is 12.5 Å². The number of benzene rings is 1. The first-order chi connectivity index (χ1) is 8.70. The summed E-state index contributed by atoms with van der Waals surface area (Å²) in [6.07, 6.45) is -3.66. The molecule has 1 atom stereocenters. The Morgan fingerprint density at radius 3 is 2.47 bits per heavy atom. The lowest BCUT2D eigenvalue weighted by molar-refractivity contribution is -0.379. The van der Waals surface area contributed by atoms with Crippen molar-refractivity contribution in [3.8, 4) is 6.07 Å². The highest BCUT2D eigenvalue weighted by atomic mass is 19.3. The smallest absolute Gasteiger partial charge is 0.335 e. The molecule has 0 bridgehead atoms. The van der Waals surface area contributed by atoms with Gasteiger partial charge in [0.05, 0.1) is 18.1 Å². The van der Waals surface area contributed by atoms with Crippen LogP contribution in [0.25, 0.3) is 0 Å². The number of nitriles is 1. The van der Waals surface area contributed by atoms with E-state index >= 15 is 0 Å². The molecule has 0 radical (unpaired) electrons. The van der Waals surface area contributed by atoms with Crippen molar-refractivity contribution in [1.82, 2.24) is 0 Å². The number of ether oxygens (including phenoxy) is 1. The minimum absolute atomic E-state index is 0.0301. The van der Waals surface area contributed by atoms with E-state index in [9.17, 15) is 13.2 Å². The Morgan fingerprint density at radius 1 is 1.37 bits per heavy atom. The molecule has 1 unspecified atom stereocenters. The molecule has 0 aliphatic carbocycles. The maximum Gasteiger partial charge on any atom is 0.381 e. The van der Waals surface area contributed by atoms with E-state index in [-0.39, 0.29) is 6.42 Å². The maximum absolute atomic E-state index is 13.2. The van der Waals surface area contributed by atoms with Crippen LogP contribution < -0.4 is 0 Å². The summed E-state index contributed by atoms with van der Waals surface area (Å²) in [4.78, 5) is 0. The van der Waals surface area contributed by atoms with Crippen LogP contribution in [0.4, 0.5) is 13.2 Å². The predicted molar refractivity (Wildman–Crippen MR) is 61.9 cm³/mol. The number of halogens is 3. The van der Waals surface area contributed by atoms with Gasteiger partial charge in [-0.3, -0.25) is 0 Å². The van der Waals surface area contributed by atoms with Gasteiger partial charge in [-0.25, -0.2) is 8.78 Å². The van der Waals surface area contributed by atoms with E-state index in [0.717, 1.165) is 0 Å². The molecule has 0 fully saturated rings. The van der Waals surface area contributed by atoms with Crippen LogP contribution in [0.2, 0.25) is 0 Å². The SMILES string of the molecule is CC(C)(OC(O)(F)C(F)F)c1ccccc1CC#N. The monoisotopic (exact) mass is 273 g/mol. The summed E-state index contributed by atoms with van der Waals surface area (Å²) < 4.78 is 42.3. The molecule has 19 heavy (non-hydrogen) atoms. The molecular weight excluding hydrogens is 259 g/mol. The molecule has 0 aliphatic rings. The van der Waals surface area contributed by atoms with Gasteiger partial charge < -0.3 is 9.84 Å². The third kappa shape index (κ3) is 3.69. The number of rotatable bonds is 5. The molecular formula is C13H14F3NO2. The van der Waals surface area contributed by atoms with Gasteiger partial charge in [-0.05, 0) is 25.0 Å². The van der Waals surface area contributed by atoms with Gasteiger partial charge in [-0.2, -0.15) is 9.65 Å². The van der Waals surface area contributed by atoms with Crippen molar-refractivity contribution in [2.24, 2.45) is 0 Å². The molecule has 0 saturated carbocycles. The van der Waals surface area contributed by atoms with Crippen LogP contribution >= 0.6 is 0 Å². The minimum atomic E-state index is -4.04. The van der Waals surface area contributed by atoms with Crippen LogP contribution in [0.1, 0.15) is 25.0 Å². The highest BCUT2D eigenvalue weighted by Gasteiger charge is 2.45. The predicted octanol–water partition coefficient (Wildman–Crippen LogP) is 2.89. The van der Waals surface area contributed by atoms with Crippen molar-refractivity contribution >= 4 is 0 Å². The van der Waals surface area contributed by atoms with Crippen LogP contribution in [0.5, 0.6) is 0 Å². The lowest BCUT2D eigenvalue weighted by atomic mass is 9.91. The zero-order valence-corrected chi connectivity index (χ0v) is 10.5. The third-order valence-corrected chi connectivity index (χ3v) is 2.60. The average Bonchev–Trinajstić information content (AvgIpc) is 2.28. The molecule has 6 heteroatoms. The van der Waals surface area contributed by atoms with Crippen molar-refractivity contribution in [3.63, 3.8) is 0 Å². The Balaban J connectivity index is 3.10. The number of aliphatic hydroxyl groups is 1. The number of nitrogens with zero attached hydrogens (tertiary/aromatic N) is 1. The molecule has 0 aliphatic heterocycles. The number of hydrogen-bond acceptors (Lipinski definition) is 3. The van der Waals surface area contributed by atoms with Gasteiger partial charge in [0, 0.05) is 0 Å². The van der Waals surface area contributed by atoms with Crippen LogP contribution in [0.3, 0.4) is 0 Å². The van der Waals surface area contributed by atoms with Gasteiger partial charge in [-0.15, -0.1) is 0 Å². The topological polar surface area (TPSA) is 53.2 Å². The summed E-state index contributed by atoms with van der Waals surface area (Å²) in [5, 5.41) is 17.6. The van der Waals surface area contributed by atoms with Crippen molar-refractivity contribution in [3.05, 3.63) is 35.4 Å². The lowest BCUT2D eigenvalue weighted by Crippen LogP contribution is -2.42. The van der Waals surface area contributed by atoms with Gasteiger partial charge in [0.2, 0.25) is 0 Å². The van der Waals surface area contributed by atoms with Gasteiger partial charge in [-0.1, -0.05) is 24.3 Å².